The van der Waals surface area contributed by atoms with Gasteiger partial charge in [-0.1, -0.05) is 70.6 Å². The molecule has 1 aromatic heterocycles. The molecule has 4 rings (SSSR count). The van der Waals surface area contributed by atoms with Crippen LogP contribution >= 0.6 is 0 Å². The minimum absolute atomic E-state index is 0.0968. The summed E-state index contributed by atoms with van der Waals surface area (Å²) in [5.41, 5.74) is 2.01. The number of anilines is 1. The van der Waals surface area contributed by atoms with Crippen LogP contribution in [0.5, 0.6) is 0 Å². The van der Waals surface area contributed by atoms with Crippen LogP contribution in [0.2, 0.25) is 0 Å². The van der Waals surface area contributed by atoms with Crippen LogP contribution in [0.4, 0.5) is 5.69 Å². The maximum atomic E-state index is 13.8. The number of carbonyl (C=O) groups is 2. The van der Waals surface area contributed by atoms with Crippen molar-refractivity contribution in [2.45, 2.75) is 103 Å². The number of aromatic nitrogens is 2. The number of fused-ring (bicyclic) bond motifs is 1. The van der Waals surface area contributed by atoms with Crippen molar-refractivity contribution in [3.8, 4) is 0 Å². The third-order valence-electron chi connectivity index (χ3n) is 7.14. The summed E-state index contributed by atoms with van der Waals surface area (Å²) in [5.74, 6) is -0.274. The van der Waals surface area contributed by atoms with E-state index in [0.29, 0.717) is 12.2 Å². The fourth-order valence-electron chi connectivity index (χ4n) is 4.99. The standard InChI is InChI=1S/C27H38N4O2/c1-19-13-15-21(16-14-19)31-24(32)22-17-23(26(2,3)4)29-30(22)18-27(31,5)25(33)28-20-11-9-7-6-8-10-12-20/h13-17,20H,6-12,18H2,1-5H3,(H,28,33)/t27-/m1/s1. The quantitative estimate of drug-likeness (QED) is 0.704. The highest BCUT2D eigenvalue weighted by molar-refractivity contribution is 6.11. The molecule has 1 aliphatic carbocycles. The zero-order valence-corrected chi connectivity index (χ0v) is 20.8. The predicted molar refractivity (Wildman–Crippen MR) is 132 cm³/mol. The molecule has 1 atom stereocenters. The van der Waals surface area contributed by atoms with Gasteiger partial charge in [-0.3, -0.25) is 19.2 Å². The van der Waals surface area contributed by atoms with E-state index < -0.39 is 5.54 Å². The lowest BCUT2D eigenvalue weighted by atomic mass is 9.90. The number of carbonyl (C=O) groups excluding carboxylic acids is 2. The molecule has 2 aliphatic rings. The van der Waals surface area contributed by atoms with E-state index >= 15 is 0 Å². The van der Waals surface area contributed by atoms with Crippen LogP contribution in [0, 0.1) is 6.92 Å². The number of aryl methyl sites for hydroxylation is 1. The fourth-order valence-corrected chi connectivity index (χ4v) is 4.99. The largest absolute Gasteiger partial charge is 0.351 e. The maximum absolute atomic E-state index is 13.8. The van der Waals surface area contributed by atoms with E-state index in [1.54, 1.807) is 9.58 Å². The zero-order valence-electron chi connectivity index (χ0n) is 20.8. The van der Waals surface area contributed by atoms with Crippen LogP contribution in [-0.4, -0.2) is 33.2 Å². The van der Waals surface area contributed by atoms with Gasteiger partial charge in [-0.05, 0) is 44.9 Å². The Morgan fingerprint density at radius 3 is 2.27 bits per heavy atom. The van der Waals surface area contributed by atoms with Gasteiger partial charge in [0, 0.05) is 17.1 Å². The number of benzene rings is 1. The van der Waals surface area contributed by atoms with Crippen molar-refractivity contribution in [2.24, 2.45) is 0 Å². The Bertz CT molecular complexity index is 1010. The number of hydrogen-bond acceptors (Lipinski definition) is 3. The molecule has 1 N–H and O–H groups in total. The van der Waals surface area contributed by atoms with Gasteiger partial charge in [0.25, 0.3) is 5.91 Å². The van der Waals surface area contributed by atoms with Crippen molar-refractivity contribution >= 4 is 17.5 Å². The fraction of sp³-hybridized carbons (Fsp3) is 0.593. The summed E-state index contributed by atoms with van der Waals surface area (Å²) in [6, 6.07) is 9.89. The highest BCUT2D eigenvalue weighted by Crippen LogP contribution is 2.35. The van der Waals surface area contributed by atoms with Crippen molar-refractivity contribution in [3.05, 3.63) is 47.3 Å². The molecule has 1 aliphatic heterocycles. The van der Waals surface area contributed by atoms with Gasteiger partial charge in [-0.2, -0.15) is 5.10 Å². The predicted octanol–water partition coefficient (Wildman–Crippen LogP) is 5.14. The molecule has 0 unspecified atom stereocenters. The maximum Gasteiger partial charge on any atom is 0.277 e. The molecule has 0 radical (unpaired) electrons. The average molecular weight is 451 g/mol. The summed E-state index contributed by atoms with van der Waals surface area (Å²) < 4.78 is 1.74. The van der Waals surface area contributed by atoms with E-state index in [9.17, 15) is 9.59 Å². The minimum Gasteiger partial charge on any atom is -0.351 e. The summed E-state index contributed by atoms with van der Waals surface area (Å²) >= 11 is 0. The Hall–Kier alpha value is -2.63. The van der Waals surface area contributed by atoms with Crippen LogP contribution in [0.25, 0.3) is 0 Å². The summed E-state index contributed by atoms with van der Waals surface area (Å²) in [6.45, 7) is 10.5. The molecular formula is C27H38N4O2. The van der Waals surface area contributed by atoms with Crippen molar-refractivity contribution in [2.75, 3.05) is 4.90 Å². The lowest BCUT2D eigenvalue weighted by Crippen LogP contribution is -2.65. The first-order valence-corrected chi connectivity index (χ1v) is 12.4. The first kappa shape index (κ1) is 23.5. The molecule has 2 heterocycles. The first-order chi connectivity index (χ1) is 15.6. The smallest absolute Gasteiger partial charge is 0.277 e. The number of rotatable bonds is 3. The van der Waals surface area contributed by atoms with Crippen molar-refractivity contribution < 1.29 is 9.59 Å². The second-order valence-corrected chi connectivity index (χ2v) is 11.1. The summed E-state index contributed by atoms with van der Waals surface area (Å²) in [5, 5.41) is 8.08. The van der Waals surface area contributed by atoms with Gasteiger partial charge in [-0.25, -0.2) is 0 Å². The number of hydrogen-bond donors (Lipinski definition) is 1. The molecule has 2 aromatic rings. The second kappa shape index (κ2) is 8.96. The number of amides is 2. The van der Waals surface area contributed by atoms with Gasteiger partial charge in [0.05, 0.1) is 12.2 Å². The third-order valence-corrected chi connectivity index (χ3v) is 7.14. The van der Waals surface area contributed by atoms with Gasteiger partial charge < -0.3 is 5.32 Å². The Kier molecular flexibility index (Phi) is 6.39. The van der Waals surface area contributed by atoms with Crippen LogP contribution in [0.1, 0.15) is 94.4 Å². The molecule has 33 heavy (non-hydrogen) atoms. The molecule has 6 heteroatoms. The normalized spacial score (nSPS) is 22.5. The van der Waals surface area contributed by atoms with Gasteiger partial charge in [0.1, 0.15) is 11.2 Å². The van der Waals surface area contributed by atoms with Crippen LogP contribution in [-0.2, 0) is 16.8 Å². The Balaban J connectivity index is 1.72. The molecule has 6 nitrogen and oxygen atoms in total. The Morgan fingerprint density at radius 2 is 1.67 bits per heavy atom. The van der Waals surface area contributed by atoms with E-state index in [0.717, 1.165) is 42.6 Å². The van der Waals surface area contributed by atoms with Crippen molar-refractivity contribution in [3.63, 3.8) is 0 Å². The molecule has 0 saturated heterocycles. The van der Waals surface area contributed by atoms with Gasteiger partial charge in [-0.15, -0.1) is 0 Å². The summed E-state index contributed by atoms with van der Waals surface area (Å²) in [4.78, 5) is 29.4. The van der Waals surface area contributed by atoms with Crippen LogP contribution in [0.3, 0.4) is 0 Å². The molecule has 2 amide bonds. The summed E-state index contributed by atoms with van der Waals surface area (Å²) in [7, 11) is 0. The lowest BCUT2D eigenvalue weighted by molar-refractivity contribution is -0.127. The topological polar surface area (TPSA) is 67.2 Å². The van der Waals surface area contributed by atoms with E-state index in [1.165, 1.54) is 19.3 Å². The Labute approximate surface area is 197 Å². The van der Waals surface area contributed by atoms with Gasteiger partial charge >= 0.3 is 0 Å². The molecule has 0 bridgehead atoms. The highest BCUT2D eigenvalue weighted by atomic mass is 16.2. The highest BCUT2D eigenvalue weighted by Gasteiger charge is 2.49. The number of nitrogens with one attached hydrogen (secondary N) is 1. The average Bonchev–Trinajstić information content (AvgIpc) is 3.16. The first-order valence-electron chi connectivity index (χ1n) is 12.4. The monoisotopic (exact) mass is 450 g/mol. The lowest BCUT2D eigenvalue weighted by Gasteiger charge is -2.44. The molecule has 0 spiro atoms. The molecule has 178 valence electrons. The van der Waals surface area contributed by atoms with Crippen LogP contribution < -0.4 is 10.2 Å². The third kappa shape index (κ3) is 4.71. The van der Waals surface area contributed by atoms with Gasteiger partial charge in [0.2, 0.25) is 5.91 Å². The SMILES string of the molecule is Cc1ccc(N2C(=O)c3cc(C(C)(C)C)nn3C[C@]2(C)C(=O)NC2CCCCCCC2)cc1. The second-order valence-electron chi connectivity index (χ2n) is 11.1. The van der Waals surface area contributed by atoms with E-state index in [4.69, 9.17) is 5.10 Å². The van der Waals surface area contributed by atoms with Crippen LogP contribution in [0.15, 0.2) is 30.3 Å². The van der Waals surface area contributed by atoms with Crippen molar-refractivity contribution in [1.82, 2.24) is 15.1 Å². The molecule has 1 saturated carbocycles. The molecular weight excluding hydrogens is 412 g/mol. The van der Waals surface area contributed by atoms with E-state index in [2.05, 4.69) is 26.1 Å². The molecule has 1 aromatic carbocycles. The number of nitrogens with zero attached hydrogens (tertiary/aromatic N) is 3. The van der Waals surface area contributed by atoms with E-state index in [-0.39, 0.29) is 23.3 Å². The summed E-state index contributed by atoms with van der Waals surface area (Å²) in [6.07, 6.45) is 8.02. The Morgan fingerprint density at radius 1 is 1.06 bits per heavy atom. The van der Waals surface area contributed by atoms with E-state index in [1.807, 2.05) is 44.2 Å². The van der Waals surface area contributed by atoms with Gasteiger partial charge in [0.15, 0.2) is 0 Å². The zero-order chi connectivity index (χ0) is 23.8. The minimum atomic E-state index is -1.07. The molecule has 1 fully saturated rings. The van der Waals surface area contributed by atoms with Crippen molar-refractivity contribution in [1.29, 1.82) is 0 Å².